The van der Waals surface area contributed by atoms with Crippen LogP contribution in [-0.2, 0) is 6.42 Å². The number of nitrogens with zero attached hydrogens (tertiary/aromatic N) is 5. The Morgan fingerprint density at radius 1 is 1.15 bits per heavy atom. The Bertz CT molecular complexity index is 749. The molecule has 1 saturated carbocycles. The van der Waals surface area contributed by atoms with Crippen LogP contribution in [0.15, 0.2) is 24.8 Å². The second kappa shape index (κ2) is 7.51. The van der Waals surface area contributed by atoms with E-state index in [0.29, 0.717) is 30.0 Å². The van der Waals surface area contributed by atoms with Gasteiger partial charge >= 0.3 is 0 Å². The number of piperidine rings is 1. The van der Waals surface area contributed by atoms with E-state index in [2.05, 4.69) is 25.3 Å². The van der Waals surface area contributed by atoms with Gasteiger partial charge in [0, 0.05) is 37.3 Å². The number of rotatable bonds is 6. The summed E-state index contributed by atoms with van der Waals surface area (Å²) in [6, 6.07) is 0.681. The number of hydrogen-bond acceptors (Lipinski definition) is 6. The quantitative estimate of drug-likeness (QED) is 0.785. The predicted octanol–water partition coefficient (Wildman–Crippen LogP) is 0.554. The zero-order valence-electron chi connectivity index (χ0n) is 14.7. The van der Waals surface area contributed by atoms with Gasteiger partial charge in [-0.3, -0.25) is 4.79 Å². The van der Waals surface area contributed by atoms with Gasteiger partial charge < -0.3 is 15.3 Å². The number of aromatic nitrogens is 4. The van der Waals surface area contributed by atoms with Crippen LogP contribution in [0.2, 0.25) is 0 Å². The molecular weight excluding hydrogens is 332 g/mol. The summed E-state index contributed by atoms with van der Waals surface area (Å²) in [5.41, 5.74) is 1.45. The summed E-state index contributed by atoms with van der Waals surface area (Å²) in [6.45, 7) is 2.01. The summed E-state index contributed by atoms with van der Waals surface area (Å²) in [5.74, 6) is 0.456. The zero-order chi connectivity index (χ0) is 17.9. The van der Waals surface area contributed by atoms with E-state index in [9.17, 15) is 4.79 Å². The van der Waals surface area contributed by atoms with E-state index in [1.54, 1.807) is 29.5 Å². The number of amides is 1. The summed E-state index contributed by atoms with van der Waals surface area (Å²) in [4.78, 5) is 23.7. The monoisotopic (exact) mass is 356 g/mol. The van der Waals surface area contributed by atoms with E-state index in [1.165, 1.54) is 0 Å². The van der Waals surface area contributed by atoms with Crippen LogP contribution in [-0.4, -0.2) is 67.4 Å². The van der Waals surface area contributed by atoms with Crippen molar-refractivity contribution >= 4 is 5.91 Å². The van der Waals surface area contributed by atoms with E-state index >= 15 is 0 Å². The van der Waals surface area contributed by atoms with Crippen LogP contribution in [0.3, 0.4) is 0 Å². The second-order valence-corrected chi connectivity index (χ2v) is 6.96. The molecule has 0 spiro atoms. The standard InChI is InChI=1S/C18H24N6O2/c25-8-5-13-9-22-23(12-13)18-20-10-14(11-21-18)17(26)24(15-1-2-15)16-3-6-19-7-4-16/h9-12,15-16,19,25H,1-8H2. The van der Waals surface area contributed by atoms with Crippen LogP contribution >= 0.6 is 0 Å². The third-order valence-electron chi connectivity index (χ3n) is 5.00. The van der Waals surface area contributed by atoms with E-state index in [0.717, 1.165) is 44.3 Å². The lowest BCUT2D eigenvalue weighted by Crippen LogP contribution is -2.47. The molecule has 2 fully saturated rings. The Balaban J connectivity index is 1.50. The van der Waals surface area contributed by atoms with Crippen LogP contribution in [0.4, 0.5) is 0 Å². The lowest BCUT2D eigenvalue weighted by molar-refractivity contribution is 0.0622. The van der Waals surface area contributed by atoms with Crippen molar-refractivity contribution in [2.75, 3.05) is 19.7 Å². The first-order chi connectivity index (χ1) is 12.8. The number of carbonyl (C=O) groups excluding carboxylic acids is 1. The number of carbonyl (C=O) groups is 1. The van der Waals surface area contributed by atoms with Crippen molar-refractivity contribution in [1.29, 1.82) is 0 Å². The van der Waals surface area contributed by atoms with E-state index in [-0.39, 0.29) is 12.5 Å². The van der Waals surface area contributed by atoms with Gasteiger partial charge in [-0.15, -0.1) is 0 Å². The summed E-state index contributed by atoms with van der Waals surface area (Å²) in [7, 11) is 0. The molecule has 4 rings (SSSR count). The van der Waals surface area contributed by atoms with Crippen LogP contribution in [0.1, 0.15) is 41.6 Å². The minimum atomic E-state index is 0.0346. The van der Waals surface area contributed by atoms with Crippen LogP contribution in [0.5, 0.6) is 0 Å². The third kappa shape index (κ3) is 3.61. The molecule has 8 heteroatoms. The van der Waals surface area contributed by atoms with Crippen molar-refractivity contribution in [3.05, 3.63) is 35.9 Å². The SMILES string of the molecule is O=C(c1cnc(-n2cc(CCO)cn2)nc1)N(C1CCNCC1)C1CC1. The summed E-state index contributed by atoms with van der Waals surface area (Å²) in [6.07, 6.45) is 11.4. The van der Waals surface area contributed by atoms with Gasteiger partial charge in [-0.05, 0) is 50.8 Å². The van der Waals surface area contributed by atoms with E-state index in [4.69, 9.17) is 5.11 Å². The third-order valence-corrected chi connectivity index (χ3v) is 5.00. The lowest BCUT2D eigenvalue weighted by atomic mass is 10.0. The molecule has 8 nitrogen and oxygen atoms in total. The molecule has 1 saturated heterocycles. The molecule has 138 valence electrons. The Morgan fingerprint density at radius 3 is 2.50 bits per heavy atom. The fourth-order valence-corrected chi connectivity index (χ4v) is 3.49. The smallest absolute Gasteiger partial charge is 0.257 e. The van der Waals surface area contributed by atoms with Gasteiger partial charge in [0.05, 0.1) is 11.8 Å². The highest BCUT2D eigenvalue weighted by Crippen LogP contribution is 2.32. The molecule has 0 atom stereocenters. The molecule has 2 aromatic rings. The fraction of sp³-hybridized carbons (Fsp3) is 0.556. The van der Waals surface area contributed by atoms with Crippen LogP contribution in [0.25, 0.3) is 5.95 Å². The lowest BCUT2D eigenvalue weighted by Gasteiger charge is -2.34. The largest absolute Gasteiger partial charge is 0.396 e. The van der Waals surface area contributed by atoms with Crippen molar-refractivity contribution in [3.63, 3.8) is 0 Å². The topological polar surface area (TPSA) is 96.2 Å². The van der Waals surface area contributed by atoms with Gasteiger partial charge in [0.25, 0.3) is 5.91 Å². The molecule has 0 unspecified atom stereocenters. The highest BCUT2D eigenvalue weighted by molar-refractivity contribution is 5.94. The molecule has 0 radical (unpaired) electrons. The van der Waals surface area contributed by atoms with Crippen LogP contribution in [0, 0.1) is 0 Å². The minimum Gasteiger partial charge on any atom is -0.396 e. The van der Waals surface area contributed by atoms with E-state index in [1.807, 2.05) is 0 Å². The normalized spacial score (nSPS) is 18.0. The molecule has 2 N–H and O–H groups in total. The first-order valence-corrected chi connectivity index (χ1v) is 9.26. The molecule has 1 aliphatic heterocycles. The molecule has 0 bridgehead atoms. The summed E-state index contributed by atoms with van der Waals surface area (Å²) < 4.78 is 1.56. The Labute approximate surface area is 152 Å². The van der Waals surface area contributed by atoms with Crippen molar-refractivity contribution in [3.8, 4) is 5.95 Å². The molecule has 1 amide bonds. The predicted molar refractivity (Wildman–Crippen MR) is 95.0 cm³/mol. The van der Waals surface area contributed by atoms with Crippen molar-refractivity contribution in [2.45, 2.75) is 44.2 Å². The molecule has 2 aromatic heterocycles. The molecular formula is C18H24N6O2. The van der Waals surface area contributed by atoms with Gasteiger partial charge in [-0.1, -0.05) is 0 Å². The van der Waals surface area contributed by atoms with Gasteiger partial charge in [-0.25, -0.2) is 14.6 Å². The maximum Gasteiger partial charge on any atom is 0.257 e. The fourth-order valence-electron chi connectivity index (χ4n) is 3.49. The maximum absolute atomic E-state index is 13.0. The molecule has 26 heavy (non-hydrogen) atoms. The van der Waals surface area contributed by atoms with Crippen LogP contribution < -0.4 is 5.32 Å². The maximum atomic E-state index is 13.0. The Hall–Kier alpha value is -2.32. The first-order valence-electron chi connectivity index (χ1n) is 9.26. The Kier molecular flexibility index (Phi) is 4.94. The Morgan fingerprint density at radius 2 is 1.85 bits per heavy atom. The minimum absolute atomic E-state index is 0.0346. The highest BCUT2D eigenvalue weighted by atomic mass is 16.3. The van der Waals surface area contributed by atoms with E-state index < -0.39 is 0 Å². The first kappa shape index (κ1) is 17.1. The summed E-state index contributed by atoms with van der Waals surface area (Å²) in [5, 5.41) is 16.6. The van der Waals surface area contributed by atoms with Crippen molar-refractivity contribution < 1.29 is 9.90 Å². The van der Waals surface area contributed by atoms with Crippen molar-refractivity contribution in [2.24, 2.45) is 0 Å². The highest BCUT2D eigenvalue weighted by Gasteiger charge is 2.38. The number of aliphatic hydroxyl groups is 1. The average molecular weight is 356 g/mol. The molecule has 0 aromatic carbocycles. The zero-order valence-corrected chi connectivity index (χ0v) is 14.7. The average Bonchev–Trinajstić information content (AvgIpc) is 3.40. The molecule has 2 aliphatic rings. The summed E-state index contributed by atoms with van der Waals surface area (Å²) >= 11 is 0. The van der Waals surface area contributed by atoms with Gasteiger partial charge in [0.2, 0.25) is 5.95 Å². The molecule has 1 aliphatic carbocycles. The molecule has 3 heterocycles. The second-order valence-electron chi connectivity index (χ2n) is 6.96. The number of hydrogen-bond donors (Lipinski definition) is 2. The van der Waals surface area contributed by atoms with Crippen molar-refractivity contribution in [1.82, 2.24) is 30.0 Å². The van der Waals surface area contributed by atoms with Gasteiger partial charge in [-0.2, -0.15) is 5.10 Å². The van der Waals surface area contributed by atoms with Gasteiger partial charge in [0.1, 0.15) is 0 Å². The van der Waals surface area contributed by atoms with Gasteiger partial charge in [0.15, 0.2) is 0 Å². The number of nitrogens with one attached hydrogen (secondary N) is 1. The number of aliphatic hydroxyl groups excluding tert-OH is 1.